The van der Waals surface area contributed by atoms with Gasteiger partial charge in [0.1, 0.15) is 5.75 Å². The summed E-state index contributed by atoms with van der Waals surface area (Å²) in [5.74, 6) is 0.0958. The smallest absolute Gasteiger partial charge is 0.173 e. The fourth-order valence-corrected chi connectivity index (χ4v) is 2.39. The second-order valence-corrected chi connectivity index (χ2v) is 5.16. The van der Waals surface area contributed by atoms with Crippen LogP contribution in [0.1, 0.15) is 30.5 Å². The van der Waals surface area contributed by atoms with Gasteiger partial charge in [-0.3, -0.25) is 0 Å². The Labute approximate surface area is 135 Å². The number of allylic oxidation sites excluding steroid dienone is 1. The van der Waals surface area contributed by atoms with E-state index in [9.17, 15) is 4.39 Å². The Hall–Kier alpha value is -2.06. The number of rotatable bonds is 1. The Morgan fingerprint density at radius 2 is 1.68 bits per heavy atom. The molecule has 0 saturated carbocycles. The molecule has 1 nitrogen and oxygen atoms in total. The van der Waals surface area contributed by atoms with Crippen molar-refractivity contribution < 1.29 is 9.13 Å². The van der Waals surface area contributed by atoms with Crippen molar-refractivity contribution in [2.75, 3.05) is 0 Å². The second-order valence-electron chi connectivity index (χ2n) is 4.72. The van der Waals surface area contributed by atoms with E-state index in [1.54, 1.807) is 18.2 Å². The second kappa shape index (κ2) is 6.80. The maximum absolute atomic E-state index is 14.4. The minimum absolute atomic E-state index is 0.00958. The number of ether oxygens (including phenoxy) is 1. The van der Waals surface area contributed by atoms with E-state index < -0.39 is 5.83 Å². The molecule has 0 unspecified atom stereocenters. The first-order valence-electron chi connectivity index (χ1n) is 7.20. The summed E-state index contributed by atoms with van der Waals surface area (Å²) in [6.07, 6.45) is 0. The van der Waals surface area contributed by atoms with Gasteiger partial charge < -0.3 is 4.74 Å². The van der Waals surface area contributed by atoms with Crippen LogP contribution in [0.3, 0.4) is 0 Å². The third-order valence-electron chi connectivity index (χ3n) is 3.25. The zero-order chi connectivity index (χ0) is 16.3. The molecule has 3 heteroatoms. The summed E-state index contributed by atoms with van der Waals surface area (Å²) in [5, 5.41) is 0.544. The summed E-state index contributed by atoms with van der Waals surface area (Å²) < 4.78 is 19.8. The highest BCUT2D eigenvalue weighted by atomic mass is 35.5. The van der Waals surface area contributed by atoms with Crippen LogP contribution in [0, 0.1) is 6.92 Å². The van der Waals surface area contributed by atoms with Crippen LogP contribution in [0.25, 0.3) is 5.57 Å². The Kier molecular flexibility index (Phi) is 5.04. The van der Waals surface area contributed by atoms with Crippen molar-refractivity contribution in [3.63, 3.8) is 0 Å². The molecule has 0 aliphatic carbocycles. The van der Waals surface area contributed by atoms with Gasteiger partial charge in [-0.2, -0.15) is 0 Å². The highest BCUT2D eigenvalue weighted by Gasteiger charge is 2.25. The molecule has 22 heavy (non-hydrogen) atoms. The SMILES string of the molecule is C=C1Oc2cc(Cl)ccc2C(c2ccc(C)cc2)=C1F.CC. The van der Waals surface area contributed by atoms with Gasteiger partial charge in [-0.25, -0.2) is 4.39 Å². The molecule has 0 atom stereocenters. The highest BCUT2D eigenvalue weighted by Crippen LogP contribution is 2.42. The third kappa shape index (κ3) is 3.07. The van der Waals surface area contributed by atoms with Gasteiger partial charge in [-0.15, -0.1) is 0 Å². The van der Waals surface area contributed by atoms with E-state index in [4.69, 9.17) is 16.3 Å². The molecule has 1 aliphatic rings. The molecule has 0 aromatic heterocycles. The van der Waals surface area contributed by atoms with E-state index in [0.29, 0.717) is 21.9 Å². The van der Waals surface area contributed by atoms with E-state index in [2.05, 4.69) is 6.58 Å². The van der Waals surface area contributed by atoms with Gasteiger partial charge in [0, 0.05) is 22.2 Å². The van der Waals surface area contributed by atoms with Crippen molar-refractivity contribution in [3.8, 4) is 5.75 Å². The van der Waals surface area contributed by atoms with E-state index in [1.165, 1.54) is 0 Å². The van der Waals surface area contributed by atoms with Crippen molar-refractivity contribution in [2.45, 2.75) is 20.8 Å². The lowest BCUT2D eigenvalue weighted by Gasteiger charge is -2.22. The predicted molar refractivity (Wildman–Crippen MR) is 90.9 cm³/mol. The normalized spacial score (nSPS) is 13.0. The molecular weight excluding hydrogens is 299 g/mol. The summed E-state index contributed by atoms with van der Waals surface area (Å²) in [5.41, 5.74) is 3.09. The monoisotopic (exact) mass is 316 g/mol. The zero-order valence-corrected chi connectivity index (χ0v) is 13.7. The van der Waals surface area contributed by atoms with Gasteiger partial charge in [0.05, 0.1) is 0 Å². The maximum Gasteiger partial charge on any atom is 0.173 e. The molecule has 0 amide bonds. The molecule has 0 N–H and O–H groups in total. The largest absolute Gasteiger partial charge is 0.454 e. The lowest BCUT2D eigenvalue weighted by atomic mass is 9.93. The van der Waals surface area contributed by atoms with Gasteiger partial charge in [0.2, 0.25) is 0 Å². The maximum atomic E-state index is 14.4. The van der Waals surface area contributed by atoms with Gasteiger partial charge in [0.25, 0.3) is 0 Å². The average Bonchev–Trinajstić information content (AvgIpc) is 2.52. The van der Waals surface area contributed by atoms with Gasteiger partial charge in [0.15, 0.2) is 11.6 Å². The number of fused-ring (bicyclic) bond motifs is 1. The molecule has 0 fully saturated rings. The molecular formula is C19H18ClFO. The summed E-state index contributed by atoms with van der Waals surface area (Å²) in [7, 11) is 0. The molecule has 2 aromatic rings. The minimum Gasteiger partial charge on any atom is -0.454 e. The van der Waals surface area contributed by atoms with Crippen molar-refractivity contribution >= 4 is 17.2 Å². The summed E-state index contributed by atoms with van der Waals surface area (Å²) >= 11 is 5.96. The first-order chi connectivity index (χ1) is 10.6. The first-order valence-corrected chi connectivity index (χ1v) is 7.58. The minimum atomic E-state index is -0.441. The van der Waals surface area contributed by atoms with Gasteiger partial charge >= 0.3 is 0 Å². The van der Waals surface area contributed by atoms with Gasteiger partial charge in [-0.05, 0) is 24.6 Å². The van der Waals surface area contributed by atoms with Gasteiger partial charge in [-0.1, -0.05) is 61.9 Å². The summed E-state index contributed by atoms with van der Waals surface area (Å²) in [6.45, 7) is 9.61. The molecule has 114 valence electrons. The number of hydrogen-bond donors (Lipinski definition) is 0. The molecule has 0 saturated heterocycles. The highest BCUT2D eigenvalue weighted by molar-refractivity contribution is 6.30. The zero-order valence-electron chi connectivity index (χ0n) is 12.9. The van der Waals surface area contributed by atoms with Crippen molar-refractivity contribution in [1.29, 1.82) is 0 Å². The van der Waals surface area contributed by atoms with Crippen LogP contribution in [-0.4, -0.2) is 0 Å². The van der Waals surface area contributed by atoms with E-state index >= 15 is 0 Å². The molecule has 0 bridgehead atoms. The fourth-order valence-electron chi connectivity index (χ4n) is 2.22. The van der Waals surface area contributed by atoms with Crippen LogP contribution in [0.2, 0.25) is 5.02 Å². The molecule has 0 spiro atoms. The van der Waals surface area contributed by atoms with Crippen molar-refractivity contribution in [1.82, 2.24) is 0 Å². The Balaban J connectivity index is 0.000000847. The average molecular weight is 317 g/mol. The van der Waals surface area contributed by atoms with E-state index in [-0.39, 0.29) is 5.76 Å². The van der Waals surface area contributed by atoms with Crippen LogP contribution in [0.5, 0.6) is 5.75 Å². The predicted octanol–water partition coefficient (Wildman–Crippen LogP) is 6.31. The number of benzene rings is 2. The van der Waals surface area contributed by atoms with Crippen LogP contribution < -0.4 is 4.74 Å². The molecule has 0 radical (unpaired) electrons. The van der Waals surface area contributed by atoms with Crippen LogP contribution in [0.15, 0.2) is 60.6 Å². The summed E-state index contributed by atoms with van der Waals surface area (Å²) in [4.78, 5) is 0. The lowest BCUT2D eigenvalue weighted by molar-refractivity contribution is 0.398. The standard InChI is InChI=1S/C17H12ClFO.C2H6/c1-10-3-5-12(6-4-10)16-14-8-7-13(18)9-15(14)20-11(2)17(16)19;1-2/h3-9H,2H2,1H3;1-2H3. The van der Waals surface area contributed by atoms with Crippen LogP contribution in [0.4, 0.5) is 4.39 Å². The first kappa shape index (κ1) is 16.3. The summed E-state index contributed by atoms with van der Waals surface area (Å²) in [6, 6.07) is 12.8. The van der Waals surface area contributed by atoms with Crippen molar-refractivity contribution in [3.05, 3.63) is 82.3 Å². The van der Waals surface area contributed by atoms with Crippen LogP contribution in [-0.2, 0) is 0 Å². The van der Waals surface area contributed by atoms with Crippen molar-refractivity contribution in [2.24, 2.45) is 0 Å². The Morgan fingerprint density at radius 3 is 2.32 bits per heavy atom. The Morgan fingerprint density at radius 1 is 1.05 bits per heavy atom. The number of halogens is 2. The topological polar surface area (TPSA) is 9.23 Å². The molecule has 3 rings (SSSR count). The molecule has 2 aromatic carbocycles. The lowest BCUT2D eigenvalue weighted by Crippen LogP contribution is -2.07. The van der Waals surface area contributed by atoms with E-state index in [1.807, 2.05) is 45.0 Å². The quantitative estimate of drug-likeness (QED) is 0.599. The third-order valence-corrected chi connectivity index (χ3v) is 3.49. The Bertz CT molecular complexity index is 730. The van der Waals surface area contributed by atoms with E-state index in [0.717, 1.165) is 11.1 Å². The number of aryl methyl sites for hydroxylation is 1. The number of hydrogen-bond acceptors (Lipinski definition) is 1. The molecule has 1 heterocycles. The van der Waals surface area contributed by atoms with Crippen LogP contribution >= 0.6 is 11.6 Å². The fraction of sp³-hybridized carbons (Fsp3) is 0.158. The molecule has 1 aliphatic heterocycles.